The van der Waals surface area contributed by atoms with Crippen molar-refractivity contribution in [2.75, 3.05) is 0 Å². The molecule has 3 aromatic heterocycles. The van der Waals surface area contributed by atoms with Crippen LogP contribution in [0.5, 0.6) is 0 Å². The topological polar surface area (TPSA) is 35.6 Å². The molecule has 0 aliphatic carbocycles. The minimum absolute atomic E-state index is 0.867. The van der Waals surface area contributed by atoms with Crippen LogP contribution in [0.15, 0.2) is 206 Å². The van der Waals surface area contributed by atoms with Gasteiger partial charge in [0, 0.05) is 44.0 Å². The largest absolute Gasteiger partial charge is 0.309 e. The number of nitrogens with zero attached hydrogens (tertiary/aromatic N) is 4. The summed E-state index contributed by atoms with van der Waals surface area (Å²) < 4.78 is 4.87. The zero-order valence-electron chi connectivity index (χ0n) is 31.4. The van der Waals surface area contributed by atoms with E-state index in [1.54, 1.807) is 0 Å². The lowest BCUT2D eigenvalue weighted by Gasteiger charge is -2.13. The Hall–Kier alpha value is -7.82. The zero-order chi connectivity index (χ0) is 38.2. The first kappa shape index (κ1) is 32.4. The second kappa shape index (κ2) is 12.9. The van der Waals surface area contributed by atoms with E-state index >= 15 is 0 Å². The second-order valence-corrected chi connectivity index (χ2v) is 15.0. The third-order valence-electron chi connectivity index (χ3n) is 11.7. The fraction of sp³-hybridized carbons (Fsp3) is 0. The van der Waals surface area contributed by atoms with Gasteiger partial charge in [0.2, 0.25) is 0 Å². The predicted octanol–water partition coefficient (Wildman–Crippen LogP) is 14.0. The van der Waals surface area contributed by atoms with Crippen molar-refractivity contribution in [3.8, 4) is 45.0 Å². The molecule has 12 rings (SSSR count). The van der Waals surface area contributed by atoms with Crippen molar-refractivity contribution in [2.45, 2.75) is 0 Å². The van der Waals surface area contributed by atoms with E-state index in [-0.39, 0.29) is 0 Å². The van der Waals surface area contributed by atoms with Gasteiger partial charge < -0.3 is 9.13 Å². The minimum Gasteiger partial charge on any atom is -0.309 e. The lowest BCUT2D eigenvalue weighted by molar-refractivity contribution is 1.16. The molecule has 4 heteroatoms. The summed E-state index contributed by atoms with van der Waals surface area (Å²) in [7, 11) is 0. The Kier molecular flexibility index (Phi) is 7.20. The van der Waals surface area contributed by atoms with Crippen LogP contribution in [0.4, 0.5) is 0 Å². The van der Waals surface area contributed by atoms with E-state index in [0.717, 1.165) is 56.0 Å². The fourth-order valence-electron chi connectivity index (χ4n) is 9.01. The van der Waals surface area contributed by atoms with E-state index in [0.29, 0.717) is 0 Å². The van der Waals surface area contributed by atoms with Crippen LogP contribution in [0.25, 0.3) is 110 Å². The first-order valence-corrected chi connectivity index (χ1v) is 19.7. The molecule has 0 spiro atoms. The molecule has 0 saturated heterocycles. The van der Waals surface area contributed by atoms with E-state index < -0.39 is 0 Å². The summed E-state index contributed by atoms with van der Waals surface area (Å²) >= 11 is 0. The van der Waals surface area contributed by atoms with Crippen LogP contribution in [0.3, 0.4) is 0 Å². The van der Waals surface area contributed by atoms with Gasteiger partial charge in [0.1, 0.15) is 0 Å². The number of benzene rings is 9. The highest BCUT2D eigenvalue weighted by molar-refractivity contribution is 6.25. The van der Waals surface area contributed by atoms with Crippen LogP contribution >= 0.6 is 0 Å². The molecule has 0 bridgehead atoms. The molecular weight excluding hydrogens is 705 g/mol. The third kappa shape index (κ3) is 5.02. The van der Waals surface area contributed by atoms with Gasteiger partial charge in [-0.15, -0.1) is 0 Å². The van der Waals surface area contributed by atoms with Crippen molar-refractivity contribution in [2.24, 2.45) is 0 Å². The predicted molar refractivity (Wildman–Crippen MR) is 242 cm³/mol. The Morgan fingerprint density at radius 3 is 1.55 bits per heavy atom. The molecule has 0 aliphatic rings. The summed E-state index contributed by atoms with van der Waals surface area (Å²) in [6.45, 7) is 0. The molecule has 270 valence electrons. The highest BCUT2D eigenvalue weighted by Gasteiger charge is 2.21. The lowest BCUT2D eigenvalue weighted by Crippen LogP contribution is -1.97. The van der Waals surface area contributed by atoms with Gasteiger partial charge in [-0.1, -0.05) is 146 Å². The molecule has 0 aliphatic heterocycles. The van der Waals surface area contributed by atoms with E-state index in [1.807, 2.05) is 30.3 Å². The van der Waals surface area contributed by atoms with E-state index in [4.69, 9.17) is 9.97 Å². The summed E-state index contributed by atoms with van der Waals surface area (Å²) in [5, 5.41) is 7.45. The summed E-state index contributed by atoms with van der Waals surface area (Å²) in [6.07, 6.45) is 0. The molecule has 4 nitrogen and oxygen atoms in total. The number of fused-ring (bicyclic) bond motifs is 9. The van der Waals surface area contributed by atoms with Crippen LogP contribution in [-0.4, -0.2) is 19.1 Å². The summed E-state index contributed by atoms with van der Waals surface area (Å²) in [5.74, 6) is 0. The van der Waals surface area contributed by atoms with Crippen LogP contribution in [0.2, 0.25) is 0 Å². The number of hydrogen-bond acceptors (Lipinski definition) is 2. The number of hydrogen-bond donors (Lipinski definition) is 0. The van der Waals surface area contributed by atoms with Gasteiger partial charge in [-0.25, -0.2) is 9.97 Å². The zero-order valence-corrected chi connectivity index (χ0v) is 31.4. The highest BCUT2D eigenvalue weighted by atomic mass is 15.0. The molecule has 0 N–H and O–H groups in total. The van der Waals surface area contributed by atoms with Crippen molar-refractivity contribution in [1.29, 1.82) is 0 Å². The van der Waals surface area contributed by atoms with Crippen LogP contribution in [0, 0.1) is 0 Å². The van der Waals surface area contributed by atoms with Gasteiger partial charge >= 0.3 is 0 Å². The van der Waals surface area contributed by atoms with Crippen molar-refractivity contribution >= 4 is 65.4 Å². The maximum Gasteiger partial charge on any atom is 0.0973 e. The van der Waals surface area contributed by atoms with Gasteiger partial charge in [0.25, 0.3) is 0 Å². The smallest absolute Gasteiger partial charge is 0.0973 e. The molecule has 0 amide bonds. The van der Waals surface area contributed by atoms with Crippen LogP contribution < -0.4 is 0 Å². The Morgan fingerprint density at radius 2 is 0.828 bits per heavy atom. The van der Waals surface area contributed by atoms with Crippen molar-refractivity contribution in [3.05, 3.63) is 206 Å². The molecule has 0 saturated carbocycles. The molecule has 0 fully saturated rings. The van der Waals surface area contributed by atoms with Gasteiger partial charge in [-0.2, -0.15) is 0 Å². The summed E-state index contributed by atoms with van der Waals surface area (Å²) in [5.41, 5.74) is 14.8. The van der Waals surface area contributed by atoms with Crippen molar-refractivity contribution in [1.82, 2.24) is 19.1 Å². The molecule has 58 heavy (non-hydrogen) atoms. The fourth-order valence-corrected chi connectivity index (χ4v) is 9.01. The molecule has 9 aromatic carbocycles. The van der Waals surface area contributed by atoms with Gasteiger partial charge in [0.15, 0.2) is 0 Å². The number of rotatable bonds is 5. The van der Waals surface area contributed by atoms with Crippen molar-refractivity contribution in [3.63, 3.8) is 0 Å². The lowest BCUT2D eigenvalue weighted by atomic mass is 10.0. The maximum absolute atomic E-state index is 5.20. The van der Waals surface area contributed by atoms with Gasteiger partial charge in [-0.3, -0.25) is 0 Å². The van der Waals surface area contributed by atoms with E-state index in [9.17, 15) is 0 Å². The third-order valence-corrected chi connectivity index (χ3v) is 11.7. The molecule has 0 radical (unpaired) electrons. The molecule has 0 unspecified atom stereocenters. The SMILES string of the molecule is c1ccc(-c2ccc3c4cc5c6c7ccccc7ccc6n(-c6ccccc6)c5cc4n(-c4ccc(-c5nc6ccccc6nc5-c5ccccc5)cc4)c3c2)cc1. The van der Waals surface area contributed by atoms with E-state index in [2.05, 4.69) is 185 Å². The second-order valence-electron chi connectivity index (χ2n) is 15.0. The van der Waals surface area contributed by atoms with E-state index in [1.165, 1.54) is 54.5 Å². The average molecular weight is 739 g/mol. The van der Waals surface area contributed by atoms with Crippen LogP contribution in [-0.2, 0) is 0 Å². The monoisotopic (exact) mass is 738 g/mol. The van der Waals surface area contributed by atoms with Crippen molar-refractivity contribution < 1.29 is 0 Å². The Labute approximate surface area is 334 Å². The first-order valence-electron chi connectivity index (χ1n) is 19.7. The first-order chi connectivity index (χ1) is 28.8. The van der Waals surface area contributed by atoms with Gasteiger partial charge in [0.05, 0.1) is 44.5 Å². The van der Waals surface area contributed by atoms with Crippen LogP contribution in [0.1, 0.15) is 0 Å². The summed E-state index contributed by atoms with van der Waals surface area (Å²) in [6, 6.07) is 73.8. The van der Waals surface area contributed by atoms with Gasteiger partial charge in [-0.05, 0) is 82.6 Å². The minimum atomic E-state index is 0.867. The molecule has 0 atom stereocenters. The maximum atomic E-state index is 5.20. The highest BCUT2D eigenvalue weighted by Crippen LogP contribution is 2.43. The molecule has 3 heterocycles. The molecule has 12 aromatic rings. The summed E-state index contributed by atoms with van der Waals surface area (Å²) in [4.78, 5) is 10.3. The molecular formula is C54H34N4. The Morgan fingerprint density at radius 1 is 0.293 bits per heavy atom. The Bertz CT molecular complexity index is 3530. The number of aromatic nitrogens is 4. The standard InChI is InChI=1S/C54H34N4/c1-4-14-35(15-5-1)39-26-30-43-44-33-45-51(57(40-19-8-3-9-20-40)48-31-27-36-16-10-11-21-42(36)52(45)48)34-50(44)58(49(43)32-39)41-28-24-38(25-29-41)54-53(37-17-6-2-7-18-37)55-46-22-12-13-23-47(46)56-54/h1-34H. The quantitative estimate of drug-likeness (QED) is 0.176. The average Bonchev–Trinajstić information content (AvgIpc) is 3.80. The normalized spacial score (nSPS) is 11.8. The Balaban J connectivity index is 1.14. The number of para-hydroxylation sites is 3.